The maximum atomic E-state index is 12.7. The summed E-state index contributed by atoms with van der Waals surface area (Å²) in [6.45, 7) is -0.190. The third kappa shape index (κ3) is 3.11. The second-order valence-corrected chi connectivity index (χ2v) is 4.24. The Balaban J connectivity index is 3.46. The molecule has 1 aromatic carbocycles. The summed E-state index contributed by atoms with van der Waals surface area (Å²) in [4.78, 5) is 0. The van der Waals surface area contributed by atoms with Crippen LogP contribution in [-0.4, -0.2) is 18.8 Å². The van der Waals surface area contributed by atoms with Gasteiger partial charge in [-0.3, -0.25) is 0 Å². The highest BCUT2D eigenvalue weighted by molar-refractivity contribution is 9.10. The Morgan fingerprint density at radius 1 is 1.47 bits per heavy atom. The minimum Gasteiger partial charge on any atom is -0.496 e. The summed E-state index contributed by atoms with van der Waals surface area (Å²) in [5.41, 5.74) is 4.30. The Hall–Kier alpha value is -0.790. The number of methoxy groups -OCH3 is 1. The molecule has 0 saturated heterocycles. The third-order valence-corrected chi connectivity index (χ3v) is 2.63. The highest BCUT2D eigenvalue weighted by Gasteiger charge is 2.36. The lowest BCUT2D eigenvalue weighted by Gasteiger charge is -2.18. The highest BCUT2D eigenvalue weighted by atomic mass is 79.9. The summed E-state index contributed by atoms with van der Waals surface area (Å²) >= 11 is 2.96. The largest absolute Gasteiger partial charge is 0.496 e. The molecule has 1 aromatic rings. The van der Waals surface area contributed by atoms with E-state index in [1.807, 2.05) is 0 Å². The van der Waals surface area contributed by atoms with E-state index in [4.69, 9.17) is 10.5 Å². The smallest absolute Gasteiger partial charge is 0.420 e. The lowest BCUT2D eigenvalue weighted by molar-refractivity contribution is -0.138. The zero-order chi connectivity index (χ0) is 13.2. The molecular weight excluding hydrogens is 303 g/mol. The molecule has 17 heavy (non-hydrogen) atoms. The lowest BCUT2D eigenvalue weighted by Crippen LogP contribution is -2.16. The van der Waals surface area contributed by atoms with Gasteiger partial charge in [-0.2, -0.15) is 13.2 Å². The maximum Gasteiger partial charge on any atom is 0.420 e. The van der Waals surface area contributed by atoms with Crippen LogP contribution < -0.4 is 10.5 Å². The van der Waals surface area contributed by atoms with Crippen LogP contribution >= 0.6 is 15.9 Å². The molecule has 1 atom stereocenters. The molecule has 0 aromatic heterocycles. The Morgan fingerprint density at radius 3 is 2.47 bits per heavy atom. The molecule has 0 fully saturated rings. The van der Waals surface area contributed by atoms with Crippen LogP contribution in [0.15, 0.2) is 16.6 Å². The zero-order valence-electron chi connectivity index (χ0n) is 8.88. The van der Waals surface area contributed by atoms with Crippen LogP contribution in [0, 0.1) is 0 Å². The maximum absolute atomic E-state index is 12.7. The minimum absolute atomic E-state index is 0.0108. The minimum atomic E-state index is -4.56. The van der Waals surface area contributed by atoms with Gasteiger partial charge in [0, 0.05) is 16.6 Å². The fraction of sp³-hybridized carbons (Fsp3) is 0.400. The van der Waals surface area contributed by atoms with Crippen LogP contribution in [0.1, 0.15) is 17.2 Å². The van der Waals surface area contributed by atoms with Crippen LogP contribution in [-0.2, 0) is 6.18 Å². The molecule has 0 amide bonds. The first-order valence-corrected chi connectivity index (χ1v) is 5.43. The number of aliphatic hydroxyl groups excluding tert-OH is 1. The lowest BCUT2D eigenvalue weighted by atomic mass is 10.0. The van der Waals surface area contributed by atoms with Crippen LogP contribution in [0.2, 0.25) is 0 Å². The number of hydrogen-bond acceptors (Lipinski definition) is 3. The second kappa shape index (κ2) is 5.24. The summed E-state index contributed by atoms with van der Waals surface area (Å²) in [6, 6.07) is 2.25. The van der Waals surface area contributed by atoms with E-state index < -0.39 is 23.6 Å². The number of nitrogens with two attached hydrogens (primary N) is 1. The van der Waals surface area contributed by atoms with Crippen LogP contribution in [0.3, 0.4) is 0 Å². The van der Waals surface area contributed by atoms with E-state index in [1.165, 1.54) is 6.07 Å². The first kappa shape index (κ1) is 14.3. The van der Waals surface area contributed by atoms with Gasteiger partial charge in [0.15, 0.2) is 0 Å². The van der Waals surface area contributed by atoms with Gasteiger partial charge in [0.25, 0.3) is 0 Å². The van der Waals surface area contributed by atoms with Gasteiger partial charge in [-0.1, -0.05) is 15.9 Å². The van der Waals surface area contributed by atoms with E-state index in [9.17, 15) is 18.3 Å². The van der Waals surface area contributed by atoms with Crippen molar-refractivity contribution in [1.82, 2.24) is 0 Å². The van der Waals surface area contributed by atoms with Crippen LogP contribution in [0.25, 0.3) is 0 Å². The topological polar surface area (TPSA) is 55.5 Å². The SMILES string of the molecule is COc1c(C(O)CN)cc(Br)cc1C(F)(F)F. The number of halogens is 4. The number of benzene rings is 1. The monoisotopic (exact) mass is 313 g/mol. The van der Waals surface area contributed by atoms with Crippen molar-refractivity contribution in [3.63, 3.8) is 0 Å². The van der Waals surface area contributed by atoms with Gasteiger partial charge in [-0.25, -0.2) is 0 Å². The highest BCUT2D eigenvalue weighted by Crippen LogP contribution is 2.41. The summed E-state index contributed by atoms with van der Waals surface area (Å²) in [5.74, 6) is -0.404. The summed E-state index contributed by atoms with van der Waals surface area (Å²) in [6.07, 6.45) is -5.76. The van der Waals surface area contributed by atoms with Crippen molar-refractivity contribution < 1.29 is 23.0 Å². The molecule has 3 nitrogen and oxygen atoms in total. The van der Waals surface area contributed by atoms with Crippen molar-refractivity contribution >= 4 is 15.9 Å². The second-order valence-electron chi connectivity index (χ2n) is 3.33. The van der Waals surface area contributed by atoms with Gasteiger partial charge in [0.2, 0.25) is 0 Å². The Bertz CT molecular complexity index is 409. The molecule has 0 aliphatic rings. The predicted octanol–water partition coefficient (Wildman–Crippen LogP) is 2.47. The quantitative estimate of drug-likeness (QED) is 0.901. The Kier molecular flexibility index (Phi) is 4.40. The first-order valence-electron chi connectivity index (χ1n) is 4.64. The van der Waals surface area contributed by atoms with E-state index in [0.29, 0.717) is 0 Å². The molecule has 1 unspecified atom stereocenters. The molecule has 0 spiro atoms. The molecule has 0 saturated carbocycles. The first-order chi connectivity index (χ1) is 7.81. The van der Waals surface area contributed by atoms with Crippen LogP contribution in [0.4, 0.5) is 13.2 Å². The molecule has 0 radical (unpaired) electrons. The van der Waals surface area contributed by atoms with Crippen LogP contribution in [0.5, 0.6) is 5.75 Å². The molecular formula is C10H11BrF3NO2. The fourth-order valence-electron chi connectivity index (χ4n) is 1.43. The number of rotatable bonds is 3. The summed E-state index contributed by atoms with van der Waals surface area (Å²) < 4.78 is 43.2. The van der Waals surface area contributed by atoms with Crippen molar-refractivity contribution in [1.29, 1.82) is 0 Å². The average molecular weight is 314 g/mol. The van der Waals surface area contributed by atoms with Crippen molar-refractivity contribution in [2.75, 3.05) is 13.7 Å². The van der Waals surface area contributed by atoms with Gasteiger partial charge < -0.3 is 15.6 Å². The summed E-state index contributed by atoms with van der Waals surface area (Å²) in [5, 5.41) is 9.56. The Morgan fingerprint density at radius 2 is 2.06 bits per heavy atom. The molecule has 0 bridgehead atoms. The normalized spacial score (nSPS) is 13.6. The molecule has 3 N–H and O–H groups in total. The van der Waals surface area contributed by atoms with Crippen molar-refractivity contribution in [2.24, 2.45) is 5.73 Å². The molecule has 7 heteroatoms. The van der Waals surface area contributed by atoms with Gasteiger partial charge in [0.1, 0.15) is 5.75 Å². The van der Waals surface area contributed by atoms with Gasteiger partial charge in [-0.15, -0.1) is 0 Å². The Labute approximate surface area is 105 Å². The molecule has 0 heterocycles. The molecule has 96 valence electrons. The van der Waals surface area contributed by atoms with Gasteiger partial charge >= 0.3 is 6.18 Å². The van der Waals surface area contributed by atoms with E-state index >= 15 is 0 Å². The number of alkyl halides is 3. The van der Waals surface area contributed by atoms with E-state index in [1.54, 1.807) is 0 Å². The van der Waals surface area contributed by atoms with Crippen molar-refractivity contribution in [3.8, 4) is 5.75 Å². The number of aliphatic hydroxyl groups is 1. The van der Waals surface area contributed by atoms with E-state index in [0.717, 1.165) is 13.2 Å². The van der Waals surface area contributed by atoms with E-state index in [-0.39, 0.29) is 16.6 Å². The number of ether oxygens (including phenoxy) is 1. The summed E-state index contributed by atoms with van der Waals surface area (Å²) in [7, 11) is 1.12. The van der Waals surface area contributed by atoms with Crippen molar-refractivity contribution in [2.45, 2.75) is 12.3 Å². The standard InChI is InChI=1S/C10H11BrF3NO2/c1-17-9-6(8(16)4-15)2-5(11)3-7(9)10(12,13)14/h2-3,8,16H,4,15H2,1H3. The molecule has 1 rings (SSSR count). The zero-order valence-corrected chi connectivity index (χ0v) is 10.5. The predicted molar refractivity (Wildman–Crippen MR) is 59.7 cm³/mol. The van der Waals surface area contributed by atoms with Gasteiger partial charge in [-0.05, 0) is 12.1 Å². The fourth-order valence-corrected chi connectivity index (χ4v) is 1.90. The van der Waals surface area contributed by atoms with E-state index in [2.05, 4.69) is 15.9 Å². The molecule has 0 aliphatic heterocycles. The average Bonchev–Trinajstić information content (AvgIpc) is 2.25. The molecule has 0 aliphatic carbocycles. The van der Waals surface area contributed by atoms with Gasteiger partial charge in [0.05, 0.1) is 18.8 Å². The number of hydrogen-bond donors (Lipinski definition) is 2. The third-order valence-electron chi connectivity index (χ3n) is 2.17. The van der Waals surface area contributed by atoms with Crippen molar-refractivity contribution in [3.05, 3.63) is 27.7 Å².